The van der Waals surface area contributed by atoms with Crippen LogP contribution < -0.4 is 0 Å². The molecule has 0 aliphatic heterocycles. The van der Waals surface area contributed by atoms with Crippen LogP contribution >= 0.6 is 24.0 Å². The lowest BCUT2D eigenvalue weighted by Crippen LogP contribution is -1.85. The standard InChI is InChI=1S/C10H8OS2/c1-6-2-3-9-7(8(6)5-11)4-10(12)13-9/h2-5,12H,1H3. The summed E-state index contributed by atoms with van der Waals surface area (Å²) in [4.78, 5) is 10.8. The van der Waals surface area contributed by atoms with Gasteiger partial charge in [-0.15, -0.1) is 24.0 Å². The molecule has 1 nitrogen and oxygen atoms in total. The maximum atomic E-state index is 10.8. The molecule has 1 heterocycles. The van der Waals surface area contributed by atoms with E-state index >= 15 is 0 Å². The third kappa shape index (κ3) is 1.38. The van der Waals surface area contributed by atoms with E-state index in [4.69, 9.17) is 0 Å². The molecule has 0 atom stereocenters. The number of aryl methyl sites for hydroxylation is 1. The summed E-state index contributed by atoms with van der Waals surface area (Å²) >= 11 is 5.86. The Kier molecular flexibility index (Phi) is 2.14. The van der Waals surface area contributed by atoms with Gasteiger partial charge < -0.3 is 0 Å². The Hall–Kier alpha value is -0.800. The summed E-state index contributed by atoms with van der Waals surface area (Å²) in [6.07, 6.45) is 0.914. The molecule has 1 aromatic heterocycles. The van der Waals surface area contributed by atoms with Crippen LogP contribution in [0.2, 0.25) is 0 Å². The first kappa shape index (κ1) is 8.78. The van der Waals surface area contributed by atoms with Crippen molar-refractivity contribution in [1.82, 2.24) is 0 Å². The van der Waals surface area contributed by atoms with Gasteiger partial charge in [0.05, 0.1) is 4.21 Å². The first-order valence-electron chi connectivity index (χ1n) is 3.89. The second-order valence-corrected chi connectivity index (χ2v) is 4.78. The van der Waals surface area contributed by atoms with Crippen molar-refractivity contribution in [3.8, 4) is 0 Å². The lowest BCUT2D eigenvalue weighted by molar-refractivity contribution is 0.112. The van der Waals surface area contributed by atoms with E-state index in [2.05, 4.69) is 12.6 Å². The number of fused-ring (bicyclic) bond motifs is 1. The van der Waals surface area contributed by atoms with Gasteiger partial charge in [0, 0.05) is 15.6 Å². The summed E-state index contributed by atoms with van der Waals surface area (Å²) in [5, 5.41) is 1.02. The van der Waals surface area contributed by atoms with E-state index in [0.29, 0.717) is 0 Å². The monoisotopic (exact) mass is 208 g/mol. The number of benzene rings is 1. The van der Waals surface area contributed by atoms with Crippen LogP contribution in [0, 0.1) is 6.92 Å². The van der Waals surface area contributed by atoms with E-state index in [1.807, 2.05) is 25.1 Å². The number of carbonyl (C=O) groups excluding carboxylic acids is 1. The molecule has 1 aromatic carbocycles. The van der Waals surface area contributed by atoms with Crippen molar-refractivity contribution in [2.45, 2.75) is 11.1 Å². The normalized spacial score (nSPS) is 10.6. The van der Waals surface area contributed by atoms with E-state index in [1.54, 1.807) is 11.3 Å². The second-order valence-electron chi connectivity index (χ2n) is 2.91. The van der Waals surface area contributed by atoms with Crippen molar-refractivity contribution >= 4 is 40.3 Å². The number of thiophene rings is 1. The summed E-state index contributed by atoms with van der Waals surface area (Å²) in [7, 11) is 0. The lowest BCUT2D eigenvalue weighted by atomic mass is 10.1. The first-order valence-corrected chi connectivity index (χ1v) is 5.16. The van der Waals surface area contributed by atoms with E-state index < -0.39 is 0 Å². The molecule has 0 aliphatic carbocycles. The van der Waals surface area contributed by atoms with Crippen LogP contribution in [0.15, 0.2) is 22.4 Å². The SMILES string of the molecule is Cc1ccc2sc(S)cc2c1C=O. The Morgan fingerprint density at radius 2 is 2.23 bits per heavy atom. The van der Waals surface area contributed by atoms with Crippen molar-refractivity contribution in [3.05, 3.63) is 29.3 Å². The highest BCUT2D eigenvalue weighted by atomic mass is 32.2. The van der Waals surface area contributed by atoms with E-state index in [-0.39, 0.29) is 0 Å². The summed E-state index contributed by atoms with van der Waals surface area (Å²) in [6.45, 7) is 1.94. The maximum absolute atomic E-state index is 10.8. The van der Waals surface area contributed by atoms with Gasteiger partial charge in [-0.25, -0.2) is 0 Å². The van der Waals surface area contributed by atoms with E-state index in [1.165, 1.54) is 0 Å². The Balaban J connectivity index is 2.90. The van der Waals surface area contributed by atoms with Crippen LogP contribution in [-0.4, -0.2) is 6.29 Å². The number of hydrogen-bond acceptors (Lipinski definition) is 3. The predicted octanol–water partition coefficient (Wildman–Crippen LogP) is 3.31. The Morgan fingerprint density at radius 1 is 1.46 bits per heavy atom. The van der Waals surface area contributed by atoms with Gasteiger partial charge in [0.2, 0.25) is 0 Å². The first-order chi connectivity index (χ1) is 6.22. The number of carbonyl (C=O) groups is 1. The maximum Gasteiger partial charge on any atom is 0.150 e. The zero-order valence-corrected chi connectivity index (χ0v) is 8.78. The minimum atomic E-state index is 0.786. The van der Waals surface area contributed by atoms with Gasteiger partial charge in [0.25, 0.3) is 0 Å². The third-order valence-corrected chi connectivity index (χ3v) is 3.37. The molecular formula is C10H8OS2. The molecule has 2 aromatic rings. The van der Waals surface area contributed by atoms with Gasteiger partial charge >= 0.3 is 0 Å². The van der Waals surface area contributed by atoms with Gasteiger partial charge in [-0.05, 0) is 24.6 Å². The smallest absolute Gasteiger partial charge is 0.150 e. The number of rotatable bonds is 1. The predicted molar refractivity (Wildman–Crippen MR) is 59.2 cm³/mol. The summed E-state index contributed by atoms with van der Waals surface area (Å²) < 4.78 is 2.07. The molecule has 2 rings (SSSR count). The van der Waals surface area contributed by atoms with Crippen molar-refractivity contribution in [3.63, 3.8) is 0 Å². The number of thiol groups is 1. The fourth-order valence-electron chi connectivity index (χ4n) is 1.39. The van der Waals surface area contributed by atoms with Gasteiger partial charge in [0.1, 0.15) is 0 Å². The van der Waals surface area contributed by atoms with Crippen molar-refractivity contribution in [2.75, 3.05) is 0 Å². The molecule has 0 aliphatic rings. The van der Waals surface area contributed by atoms with Crippen molar-refractivity contribution in [1.29, 1.82) is 0 Å². The molecule has 0 spiro atoms. The second kappa shape index (κ2) is 3.16. The molecule has 0 saturated heterocycles. The average molecular weight is 208 g/mol. The fourth-order valence-corrected chi connectivity index (χ4v) is 2.63. The third-order valence-electron chi connectivity index (χ3n) is 2.07. The Labute approximate surface area is 85.8 Å². The molecule has 0 N–H and O–H groups in total. The molecule has 13 heavy (non-hydrogen) atoms. The summed E-state index contributed by atoms with van der Waals surface area (Å²) in [6, 6.07) is 5.94. The molecule has 0 radical (unpaired) electrons. The highest BCUT2D eigenvalue weighted by molar-refractivity contribution is 7.83. The lowest BCUT2D eigenvalue weighted by Gasteiger charge is -1.98. The minimum Gasteiger partial charge on any atom is -0.298 e. The van der Waals surface area contributed by atoms with E-state index in [9.17, 15) is 4.79 Å². The molecule has 0 fully saturated rings. The minimum absolute atomic E-state index is 0.786. The molecule has 66 valence electrons. The molecule has 0 bridgehead atoms. The van der Waals surface area contributed by atoms with Crippen LogP contribution in [-0.2, 0) is 0 Å². The van der Waals surface area contributed by atoms with Crippen LogP contribution in [0.25, 0.3) is 10.1 Å². The van der Waals surface area contributed by atoms with Gasteiger partial charge in [-0.1, -0.05) is 6.07 Å². The topological polar surface area (TPSA) is 17.1 Å². The fraction of sp³-hybridized carbons (Fsp3) is 0.100. The molecule has 0 unspecified atom stereocenters. The summed E-state index contributed by atoms with van der Waals surface area (Å²) in [5.74, 6) is 0. The van der Waals surface area contributed by atoms with Crippen LogP contribution in [0.1, 0.15) is 15.9 Å². The van der Waals surface area contributed by atoms with E-state index in [0.717, 1.165) is 31.7 Å². The molecular weight excluding hydrogens is 200 g/mol. The van der Waals surface area contributed by atoms with Crippen molar-refractivity contribution < 1.29 is 4.79 Å². The van der Waals surface area contributed by atoms with Gasteiger partial charge in [-0.3, -0.25) is 4.79 Å². The molecule has 0 amide bonds. The highest BCUT2D eigenvalue weighted by Gasteiger charge is 2.06. The highest BCUT2D eigenvalue weighted by Crippen LogP contribution is 2.31. The zero-order chi connectivity index (χ0) is 9.42. The van der Waals surface area contributed by atoms with Gasteiger partial charge in [0.15, 0.2) is 6.29 Å². The molecule has 0 saturated carbocycles. The number of aldehydes is 1. The largest absolute Gasteiger partial charge is 0.298 e. The quantitative estimate of drug-likeness (QED) is 0.562. The zero-order valence-electron chi connectivity index (χ0n) is 7.07. The Morgan fingerprint density at radius 3 is 2.92 bits per heavy atom. The van der Waals surface area contributed by atoms with Gasteiger partial charge in [-0.2, -0.15) is 0 Å². The Bertz CT molecular complexity index is 471. The van der Waals surface area contributed by atoms with Crippen LogP contribution in [0.4, 0.5) is 0 Å². The molecule has 3 heteroatoms. The van der Waals surface area contributed by atoms with Crippen LogP contribution in [0.3, 0.4) is 0 Å². The number of hydrogen-bond donors (Lipinski definition) is 1. The summed E-state index contributed by atoms with van der Waals surface area (Å²) in [5.41, 5.74) is 1.81. The van der Waals surface area contributed by atoms with Crippen LogP contribution in [0.5, 0.6) is 0 Å². The average Bonchev–Trinajstić information content (AvgIpc) is 2.45. The van der Waals surface area contributed by atoms with Crippen molar-refractivity contribution in [2.24, 2.45) is 0 Å².